The van der Waals surface area contributed by atoms with Crippen LogP contribution in [0.1, 0.15) is 24.3 Å². The highest BCUT2D eigenvalue weighted by molar-refractivity contribution is 6.30. The number of carbonyl (C=O) groups excluding carboxylic acids is 1. The standard InChI is InChI=1S/C17H20ClN3O2/c1-11-15(10-21-7-5-12(6-8-21)16(19)22)20-17(23-11)13-3-2-4-14(18)9-13/h2-4,9,12H,5-8,10H2,1H3,(H2,19,22). The molecule has 23 heavy (non-hydrogen) atoms. The molecule has 0 bridgehead atoms. The minimum absolute atomic E-state index is 0.00618. The number of nitrogens with zero attached hydrogens (tertiary/aromatic N) is 2. The van der Waals surface area contributed by atoms with Gasteiger partial charge in [0, 0.05) is 23.0 Å². The second-order valence-corrected chi connectivity index (χ2v) is 6.42. The van der Waals surface area contributed by atoms with E-state index in [-0.39, 0.29) is 11.8 Å². The predicted octanol–water partition coefficient (Wildman–Crippen LogP) is 3.00. The maximum atomic E-state index is 11.2. The van der Waals surface area contributed by atoms with Gasteiger partial charge in [-0.2, -0.15) is 0 Å². The van der Waals surface area contributed by atoms with Gasteiger partial charge in [0.2, 0.25) is 11.8 Å². The van der Waals surface area contributed by atoms with Crippen LogP contribution in [0, 0.1) is 12.8 Å². The number of piperidine rings is 1. The summed E-state index contributed by atoms with van der Waals surface area (Å²) in [4.78, 5) is 18.1. The Kier molecular flexibility index (Phi) is 4.68. The van der Waals surface area contributed by atoms with E-state index in [4.69, 9.17) is 21.8 Å². The summed E-state index contributed by atoms with van der Waals surface area (Å²) in [5.74, 6) is 1.22. The fraction of sp³-hybridized carbons (Fsp3) is 0.412. The Morgan fingerprint density at radius 2 is 2.17 bits per heavy atom. The summed E-state index contributed by atoms with van der Waals surface area (Å²) in [5, 5.41) is 0.661. The second kappa shape index (κ2) is 6.72. The number of aromatic nitrogens is 1. The molecule has 0 radical (unpaired) electrons. The van der Waals surface area contributed by atoms with Crippen molar-refractivity contribution >= 4 is 17.5 Å². The number of halogens is 1. The Morgan fingerprint density at radius 3 is 2.83 bits per heavy atom. The van der Waals surface area contributed by atoms with Crippen LogP contribution in [0.3, 0.4) is 0 Å². The monoisotopic (exact) mass is 333 g/mol. The molecule has 0 atom stereocenters. The van der Waals surface area contributed by atoms with Crippen LogP contribution in [0.25, 0.3) is 11.5 Å². The zero-order valence-electron chi connectivity index (χ0n) is 13.1. The van der Waals surface area contributed by atoms with Crippen molar-refractivity contribution in [2.45, 2.75) is 26.3 Å². The summed E-state index contributed by atoms with van der Waals surface area (Å²) < 4.78 is 5.79. The highest BCUT2D eigenvalue weighted by Gasteiger charge is 2.24. The molecular weight excluding hydrogens is 314 g/mol. The number of benzene rings is 1. The van der Waals surface area contributed by atoms with E-state index in [2.05, 4.69) is 9.88 Å². The normalized spacial score (nSPS) is 16.6. The van der Waals surface area contributed by atoms with E-state index in [0.717, 1.165) is 49.5 Å². The zero-order valence-corrected chi connectivity index (χ0v) is 13.8. The van der Waals surface area contributed by atoms with Crippen LogP contribution < -0.4 is 5.73 Å². The molecule has 1 saturated heterocycles. The van der Waals surface area contributed by atoms with Gasteiger partial charge in [0.15, 0.2) is 0 Å². The fourth-order valence-corrected chi connectivity index (χ4v) is 3.10. The number of rotatable bonds is 4. The maximum absolute atomic E-state index is 11.2. The van der Waals surface area contributed by atoms with Crippen LogP contribution in [0.4, 0.5) is 0 Å². The first-order chi connectivity index (χ1) is 11.0. The molecule has 1 aromatic carbocycles. The SMILES string of the molecule is Cc1oc(-c2cccc(Cl)c2)nc1CN1CCC(C(N)=O)CC1. The first-order valence-electron chi connectivity index (χ1n) is 7.77. The maximum Gasteiger partial charge on any atom is 0.226 e. The van der Waals surface area contributed by atoms with E-state index in [0.29, 0.717) is 10.9 Å². The number of primary amides is 1. The molecule has 2 aromatic rings. The molecule has 5 nitrogen and oxygen atoms in total. The van der Waals surface area contributed by atoms with Crippen LogP contribution in [-0.2, 0) is 11.3 Å². The summed E-state index contributed by atoms with van der Waals surface area (Å²) in [7, 11) is 0. The molecule has 1 amide bonds. The molecule has 0 saturated carbocycles. The summed E-state index contributed by atoms with van der Waals surface area (Å²) in [6.07, 6.45) is 1.63. The summed E-state index contributed by atoms with van der Waals surface area (Å²) >= 11 is 6.02. The highest BCUT2D eigenvalue weighted by Crippen LogP contribution is 2.26. The first kappa shape index (κ1) is 16.0. The number of aryl methyl sites for hydroxylation is 1. The smallest absolute Gasteiger partial charge is 0.226 e. The molecule has 3 rings (SSSR count). The number of likely N-dealkylation sites (tertiary alicyclic amines) is 1. The summed E-state index contributed by atoms with van der Waals surface area (Å²) in [5.41, 5.74) is 7.18. The second-order valence-electron chi connectivity index (χ2n) is 5.99. The molecule has 1 fully saturated rings. The minimum Gasteiger partial charge on any atom is -0.441 e. The molecule has 6 heteroatoms. The average molecular weight is 334 g/mol. The van der Waals surface area contributed by atoms with Crippen LogP contribution in [0.5, 0.6) is 0 Å². The zero-order chi connectivity index (χ0) is 16.4. The van der Waals surface area contributed by atoms with Crippen molar-refractivity contribution in [1.29, 1.82) is 0 Å². The number of nitrogens with two attached hydrogens (primary N) is 1. The van der Waals surface area contributed by atoms with E-state index in [9.17, 15) is 4.79 Å². The largest absolute Gasteiger partial charge is 0.441 e. The van der Waals surface area contributed by atoms with Crippen molar-refractivity contribution in [3.8, 4) is 11.5 Å². The van der Waals surface area contributed by atoms with Crippen LogP contribution in [-0.4, -0.2) is 28.9 Å². The van der Waals surface area contributed by atoms with Crippen molar-refractivity contribution < 1.29 is 9.21 Å². The average Bonchev–Trinajstić information content (AvgIpc) is 2.89. The Bertz CT molecular complexity index is 706. The third-order valence-electron chi connectivity index (χ3n) is 4.33. The van der Waals surface area contributed by atoms with Gasteiger partial charge in [0.25, 0.3) is 0 Å². The molecular formula is C17H20ClN3O2. The van der Waals surface area contributed by atoms with Gasteiger partial charge in [-0.3, -0.25) is 9.69 Å². The number of hydrogen-bond acceptors (Lipinski definition) is 4. The Hall–Kier alpha value is -1.85. The lowest BCUT2D eigenvalue weighted by molar-refractivity contribution is -0.123. The van der Waals surface area contributed by atoms with Crippen LogP contribution in [0.2, 0.25) is 5.02 Å². The van der Waals surface area contributed by atoms with E-state index >= 15 is 0 Å². The number of carbonyl (C=O) groups is 1. The third kappa shape index (κ3) is 3.74. The number of hydrogen-bond donors (Lipinski definition) is 1. The van der Waals surface area contributed by atoms with E-state index in [1.165, 1.54) is 0 Å². The lowest BCUT2D eigenvalue weighted by Crippen LogP contribution is -2.38. The van der Waals surface area contributed by atoms with Crippen LogP contribution >= 0.6 is 11.6 Å². The van der Waals surface area contributed by atoms with Gasteiger partial charge in [-0.05, 0) is 51.1 Å². The molecule has 2 heterocycles. The quantitative estimate of drug-likeness (QED) is 0.933. The van der Waals surface area contributed by atoms with Gasteiger partial charge in [-0.25, -0.2) is 4.98 Å². The predicted molar refractivity (Wildman–Crippen MR) is 88.9 cm³/mol. The molecule has 1 aliphatic rings. The number of oxazole rings is 1. The van der Waals surface area contributed by atoms with E-state index in [1.54, 1.807) is 0 Å². The highest BCUT2D eigenvalue weighted by atomic mass is 35.5. The lowest BCUT2D eigenvalue weighted by atomic mass is 9.96. The van der Waals surface area contributed by atoms with Crippen molar-refractivity contribution in [3.63, 3.8) is 0 Å². The molecule has 2 N–H and O–H groups in total. The van der Waals surface area contributed by atoms with Crippen molar-refractivity contribution in [1.82, 2.24) is 9.88 Å². The Balaban J connectivity index is 1.69. The van der Waals surface area contributed by atoms with E-state index < -0.39 is 0 Å². The molecule has 1 aromatic heterocycles. The van der Waals surface area contributed by atoms with Gasteiger partial charge in [-0.15, -0.1) is 0 Å². The third-order valence-corrected chi connectivity index (χ3v) is 4.56. The lowest BCUT2D eigenvalue weighted by Gasteiger charge is -2.29. The van der Waals surface area contributed by atoms with Crippen molar-refractivity contribution in [3.05, 3.63) is 40.7 Å². The van der Waals surface area contributed by atoms with Gasteiger partial charge < -0.3 is 10.2 Å². The van der Waals surface area contributed by atoms with Gasteiger partial charge >= 0.3 is 0 Å². The molecule has 1 aliphatic heterocycles. The van der Waals surface area contributed by atoms with Crippen LogP contribution in [0.15, 0.2) is 28.7 Å². The van der Waals surface area contributed by atoms with Gasteiger partial charge in [0.05, 0.1) is 5.69 Å². The van der Waals surface area contributed by atoms with E-state index in [1.807, 2.05) is 31.2 Å². The van der Waals surface area contributed by atoms with Gasteiger partial charge in [-0.1, -0.05) is 17.7 Å². The topological polar surface area (TPSA) is 72.4 Å². The Labute approximate surface area is 140 Å². The minimum atomic E-state index is -0.189. The molecule has 122 valence electrons. The van der Waals surface area contributed by atoms with Crippen molar-refractivity contribution in [2.75, 3.05) is 13.1 Å². The molecule has 0 spiro atoms. The first-order valence-corrected chi connectivity index (χ1v) is 8.14. The molecule has 0 aliphatic carbocycles. The Morgan fingerprint density at radius 1 is 1.43 bits per heavy atom. The summed E-state index contributed by atoms with van der Waals surface area (Å²) in [6.45, 7) is 4.35. The molecule has 0 unspecified atom stereocenters. The van der Waals surface area contributed by atoms with Gasteiger partial charge in [0.1, 0.15) is 5.76 Å². The van der Waals surface area contributed by atoms with Crippen molar-refractivity contribution in [2.24, 2.45) is 11.7 Å². The number of amides is 1. The fourth-order valence-electron chi connectivity index (χ4n) is 2.91. The summed E-state index contributed by atoms with van der Waals surface area (Å²) in [6, 6.07) is 7.48.